The van der Waals surface area contributed by atoms with Crippen LogP contribution in [0.25, 0.3) is 11.0 Å². The third kappa shape index (κ3) is 1.65. The SMILES string of the molecule is CCCn1nnc2cc([N+](=O)[O-])ccc21. The molecule has 6 heteroatoms. The lowest BCUT2D eigenvalue weighted by Gasteiger charge is -1.97. The van der Waals surface area contributed by atoms with Gasteiger partial charge in [-0.1, -0.05) is 12.1 Å². The monoisotopic (exact) mass is 206 g/mol. The number of aromatic nitrogens is 3. The van der Waals surface area contributed by atoms with Crippen LogP contribution in [0.5, 0.6) is 0 Å². The van der Waals surface area contributed by atoms with Crippen molar-refractivity contribution in [3.8, 4) is 0 Å². The molecule has 0 amide bonds. The first kappa shape index (κ1) is 9.57. The van der Waals surface area contributed by atoms with Crippen molar-refractivity contribution in [2.24, 2.45) is 0 Å². The van der Waals surface area contributed by atoms with Gasteiger partial charge < -0.3 is 0 Å². The van der Waals surface area contributed by atoms with Crippen molar-refractivity contribution in [1.29, 1.82) is 0 Å². The molecule has 0 spiro atoms. The van der Waals surface area contributed by atoms with Crippen LogP contribution in [0.4, 0.5) is 5.69 Å². The minimum Gasteiger partial charge on any atom is -0.258 e. The Hall–Kier alpha value is -1.98. The highest BCUT2D eigenvalue weighted by Crippen LogP contribution is 2.18. The molecule has 6 nitrogen and oxygen atoms in total. The van der Waals surface area contributed by atoms with Gasteiger partial charge in [0.1, 0.15) is 5.52 Å². The van der Waals surface area contributed by atoms with Crippen molar-refractivity contribution >= 4 is 16.7 Å². The fourth-order valence-electron chi connectivity index (χ4n) is 1.45. The highest BCUT2D eigenvalue weighted by atomic mass is 16.6. The van der Waals surface area contributed by atoms with Gasteiger partial charge in [-0.3, -0.25) is 10.1 Å². The van der Waals surface area contributed by atoms with E-state index >= 15 is 0 Å². The molecule has 0 N–H and O–H groups in total. The van der Waals surface area contributed by atoms with Crippen molar-refractivity contribution in [2.75, 3.05) is 0 Å². The summed E-state index contributed by atoms with van der Waals surface area (Å²) in [5, 5.41) is 18.3. The van der Waals surface area contributed by atoms with Crippen molar-refractivity contribution in [3.63, 3.8) is 0 Å². The van der Waals surface area contributed by atoms with E-state index in [2.05, 4.69) is 10.3 Å². The molecule has 0 bridgehead atoms. The number of nitrogens with zero attached hydrogens (tertiary/aromatic N) is 4. The molecule has 0 aliphatic rings. The van der Waals surface area contributed by atoms with E-state index in [9.17, 15) is 10.1 Å². The van der Waals surface area contributed by atoms with Gasteiger partial charge in [-0.2, -0.15) is 0 Å². The van der Waals surface area contributed by atoms with Gasteiger partial charge in [-0.25, -0.2) is 4.68 Å². The average molecular weight is 206 g/mol. The summed E-state index contributed by atoms with van der Waals surface area (Å²) in [4.78, 5) is 10.1. The van der Waals surface area contributed by atoms with Crippen LogP contribution in [0.1, 0.15) is 13.3 Å². The first-order valence-electron chi connectivity index (χ1n) is 4.70. The summed E-state index contributed by atoms with van der Waals surface area (Å²) in [6.07, 6.45) is 0.954. The quantitative estimate of drug-likeness (QED) is 0.566. The molecule has 0 atom stereocenters. The van der Waals surface area contributed by atoms with E-state index in [1.807, 2.05) is 6.92 Å². The lowest BCUT2D eigenvalue weighted by molar-refractivity contribution is -0.384. The minimum atomic E-state index is -0.432. The number of nitro benzene ring substituents is 1. The Balaban J connectivity index is 2.51. The summed E-state index contributed by atoms with van der Waals surface area (Å²) in [6.45, 7) is 2.81. The molecule has 1 aromatic carbocycles. The molecule has 0 radical (unpaired) electrons. The standard InChI is InChI=1S/C9H10N4O2/c1-2-5-12-9-4-3-7(13(14)15)6-8(9)10-11-12/h3-4,6H,2,5H2,1H3. The summed E-state index contributed by atoms with van der Waals surface area (Å²) < 4.78 is 1.75. The number of nitro groups is 1. The summed E-state index contributed by atoms with van der Waals surface area (Å²) in [6, 6.07) is 4.59. The zero-order valence-electron chi connectivity index (χ0n) is 8.25. The number of aryl methyl sites for hydroxylation is 1. The van der Waals surface area contributed by atoms with Gasteiger partial charge in [-0.15, -0.1) is 5.10 Å². The van der Waals surface area contributed by atoms with Gasteiger partial charge >= 0.3 is 0 Å². The fourth-order valence-corrected chi connectivity index (χ4v) is 1.45. The molecule has 1 heterocycles. The van der Waals surface area contributed by atoms with Crippen LogP contribution in [-0.2, 0) is 6.54 Å². The van der Waals surface area contributed by atoms with Crippen molar-refractivity contribution in [3.05, 3.63) is 28.3 Å². The van der Waals surface area contributed by atoms with Crippen LogP contribution in [0.3, 0.4) is 0 Å². The number of hydrogen-bond donors (Lipinski definition) is 0. The fraction of sp³-hybridized carbons (Fsp3) is 0.333. The Labute approximate surface area is 85.7 Å². The zero-order chi connectivity index (χ0) is 10.8. The third-order valence-electron chi connectivity index (χ3n) is 2.14. The van der Waals surface area contributed by atoms with E-state index in [1.54, 1.807) is 10.7 Å². The van der Waals surface area contributed by atoms with Crippen LogP contribution < -0.4 is 0 Å². The number of non-ortho nitro benzene ring substituents is 1. The highest BCUT2D eigenvalue weighted by Gasteiger charge is 2.10. The van der Waals surface area contributed by atoms with Crippen molar-refractivity contribution in [1.82, 2.24) is 15.0 Å². The summed E-state index contributed by atoms with van der Waals surface area (Å²) >= 11 is 0. The van der Waals surface area contributed by atoms with Gasteiger partial charge in [0.25, 0.3) is 5.69 Å². The minimum absolute atomic E-state index is 0.0473. The Kier molecular flexibility index (Phi) is 2.32. The second-order valence-corrected chi connectivity index (χ2v) is 3.24. The van der Waals surface area contributed by atoms with Gasteiger partial charge in [0.2, 0.25) is 0 Å². The van der Waals surface area contributed by atoms with Gasteiger partial charge in [0.05, 0.1) is 10.4 Å². The van der Waals surface area contributed by atoms with Crippen LogP contribution in [0, 0.1) is 10.1 Å². The van der Waals surface area contributed by atoms with E-state index in [0.717, 1.165) is 18.5 Å². The molecule has 0 saturated heterocycles. The summed E-state index contributed by atoms with van der Waals surface area (Å²) in [5.41, 5.74) is 1.45. The van der Waals surface area contributed by atoms with E-state index in [1.165, 1.54) is 12.1 Å². The molecular formula is C9H10N4O2. The molecule has 2 aromatic rings. The molecule has 15 heavy (non-hydrogen) atoms. The Morgan fingerprint density at radius 2 is 2.33 bits per heavy atom. The van der Waals surface area contributed by atoms with Crippen LogP contribution in [0.2, 0.25) is 0 Å². The zero-order valence-corrected chi connectivity index (χ0v) is 8.25. The van der Waals surface area contributed by atoms with Crippen molar-refractivity contribution in [2.45, 2.75) is 19.9 Å². The van der Waals surface area contributed by atoms with Crippen LogP contribution in [0.15, 0.2) is 18.2 Å². The molecule has 78 valence electrons. The molecule has 2 rings (SSSR count). The third-order valence-corrected chi connectivity index (χ3v) is 2.14. The predicted octanol–water partition coefficient (Wildman–Crippen LogP) is 1.75. The topological polar surface area (TPSA) is 73.8 Å². The highest BCUT2D eigenvalue weighted by molar-refractivity contribution is 5.76. The first-order chi connectivity index (χ1) is 7.22. The molecule has 0 unspecified atom stereocenters. The summed E-state index contributed by atoms with van der Waals surface area (Å²) in [5.74, 6) is 0. The second-order valence-electron chi connectivity index (χ2n) is 3.24. The molecule has 0 aliphatic carbocycles. The number of rotatable bonds is 3. The molecular weight excluding hydrogens is 196 g/mol. The molecule has 0 aliphatic heterocycles. The summed E-state index contributed by atoms with van der Waals surface area (Å²) in [7, 11) is 0. The Bertz CT molecular complexity index is 506. The lowest BCUT2D eigenvalue weighted by atomic mass is 10.3. The van der Waals surface area contributed by atoms with Crippen LogP contribution in [-0.4, -0.2) is 19.9 Å². The van der Waals surface area contributed by atoms with Gasteiger partial charge in [-0.05, 0) is 12.5 Å². The Morgan fingerprint density at radius 3 is 3.00 bits per heavy atom. The first-order valence-corrected chi connectivity index (χ1v) is 4.70. The lowest BCUT2D eigenvalue weighted by Crippen LogP contribution is -1.98. The van der Waals surface area contributed by atoms with E-state index in [-0.39, 0.29) is 5.69 Å². The number of fused-ring (bicyclic) bond motifs is 1. The molecule has 0 fully saturated rings. The normalized spacial score (nSPS) is 10.7. The van der Waals surface area contributed by atoms with Gasteiger partial charge in [0.15, 0.2) is 0 Å². The Morgan fingerprint density at radius 1 is 1.53 bits per heavy atom. The predicted molar refractivity (Wildman–Crippen MR) is 54.5 cm³/mol. The second kappa shape index (κ2) is 3.64. The number of benzene rings is 1. The van der Waals surface area contributed by atoms with E-state index < -0.39 is 4.92 Å². The largest absolute Gasteiger partial charge is 0.271 e. The maximum atomic E-state index is 10.5. The maximum Gasteiger partial charge on any atom is 0.271 e. The van der Waals surface area contributed by atoms with Crippen molar-refractivity contribution < 1.29 is 4.92 Å². The van der Waals surface area contributed by atoms with Gasteiger partial charge in [0, 0.05) is 18.7 Å². The smallest absolute Gasteiger partial charge is 0.258 e. The average Bonchev–Trinajstić information content (AvgIpc) is 2.61. The van der Waals surface area contributed by atoms with Crippen LogP contribution >= 0.6 is 0 Å². The van der Waals surface area contributed by atoms with E-state index in [0.29, 0.717) is 5.52 Å². The molecule has 1 aromatic heterocycles. The molecule has 0 saturated carbocycles. The van der Waals surface area contributed by atoms with E-state index in [4.69, 9.17) is 0 Å². The maximum absolute atomic E-state index is 10.5. The number of hydrogen-bond acceptors (Lipinski definition) is 4.